The van der Waals surface area contributed by atoms with Gasteiger partial charge in [0.15, 0.2) is 11.5 Å². The number of hydrogen-bond donors (Lipinski definition) is 3. The molecule has 4 nitrogen and oxygen atoms in total. The van der Waals surface area contributed by atoms with Gasteiger partial charge in [0, 0.05) is 12.1 Å². The van der Waals surface area contributed by atoms with Crippen LogP contribution in [0.4, 0.5) is 0 Å². The molecule has 0 spiro atoms. The summed E-state index contributed by atoms with van der Waals surface area (Å²) < 4.78 is 4.88. The highest BCUT2D eigenvalue weighted by Crippen LogP contribution is 2.39. The molecule has 0 aliphatic heterocycles. The Kier molecular flexibility index (Phi) is 3.57. The number of halogens is 1. The summed E-state index contributed by atoms with van der Waals surface area (Å²) in [5, 5.41) is 19.4. The van der Waals surface area contributed by atoms with Gasteiger partial charge >= 0.3 is 0 Å². The molecule has 0 aromatic heterocycles. The smallest absolute Gasteiger partial charge is 0.179 e. The van der Waals surface area contributed by atoms with Gasteiger partial charge in [0.25, 0.3) is 0 Å². The number of phenolic OH excluding ortho intramolecular Hbond substituents is 1. The van der Waals surface area contributed by atoms with Crippen LogP contribution in [0.2, 0.25) is 5.02 Å². The third-order valence-corrected chi connectivity index (χ3v) is 2.20. The van der Waals surface area contributed by atoms with Crippen LogP contribution in [0.5, 0.6) is 11.5 Å². The predicted octanol–water partition coefficient (Wildman–Crippen LogP) is 1.05. The van der Waals surface area contributed by atoms with Gasteiger partial charge < -0.3 is 20.7 Å². The lowest BCUT2D eigenvalue weighted by Crippen LogP contribution is -2.11. The fraction of sp³-hybridized carbons (Fsp3) is 0.333. The number of ether oxygens (including phenoxy) is 1. The summed E-state index contributed by atoms with van der Waals surface area (Å²) in [6, 6.07) is 3.05. The molecule has 1 rings (SSSR count). The molecule has 1 atom stereocenters. The van der Waals surface area contributed by atoms with Crippen molar-refractivity contribution in [1.29, 1.82) is 0 Å². The minimum atomic E-state index is -0.916. The molecule has 0 saturated heterocycles. The van der Waals surface area contributed by atoms with E-state index in [1.165, 1.54) is 19.2 Å². The summed E-state index contributed by atoms with van der Waals surface area (Å²) in [4.78, 5) is 0. The number of phenols is 1. The Labute approximate surface area is 86.9 Å². The topological polar surface area (TPSA) is 75.7 Å². The summed E-state index contributed by atoms with van der Waals surface area (Å²) in [6.45, 7) is 0.0261. The molecule has 0 bridgehead atoms. The van der Waals surface area contributed by atoms with Gasteiger partial charge in [-0.1, -0.05) is 17.7 Å². The first kappa shape index (κ1) is 11.1. The van der Waals surface area contributed by atoms with E-state index in [2.05, 4.69) is 0 Å². The van der Waals surface area contributed by atoms with Gasteiger partial charge in [-0.05, 0) is 6.07 Å². The van der Waals surface area contributed by atoms with Crippen molar-refractivity contribution in [2.24, 2.45) is 5.73 Å². The second kappa shape index (κ2) is 4.50. The Morgan fingerprint density at radius 2 is 2.21 bits per heavy atom. The molecule has 1 aromatic rings. The molecule has 0 saturated carbocycles. The summed E-state index contributed by atoms with van der Waals surface area (Å²) in [5.74, 6) is -0.0189. The number of aliphatic hydroxyl groups is 1. The van der Waals surface area contributed by atoms with Crippen LogP contribution in [-0.2, 0) is 0 Å². The molecule has 4 N–H and O–H groups in total. The number of methoxy groups -OCH3 is 1. The van der Waals surface area contributed by atoms with Crippen LogP contribution in [-0.4, -0.2) is 23.9 Å². The molecule has 14 heavy (non-hydrogen) atoms. The van der Waals surface area contributed by atoms with E-state index in [9.17, 15) is 10.2 Å². The first-order valence-corrected chi connectivity index (χ1v) is 4.43. The summed E-state index contributed by atoms with van der Waals surface area (Å²) in [5.41, 5.74) is 5.58. The molecule has 0 amide bonds. The molecule has 0 aliphatic carbocycles. The van der Waals surface area contributed by atoms with E-state index in [0.717, 1.165) is 0 Å². The maximum Gasteiger partial charge on any atom is 0.179 e. The molecule has 0 heterocycles. The maximum atomic E-state index is 9.65. The zero-order valence-electron chi connectivity index (χ0n) is 7.70. The predicted molar refractivity (Wildman–Crippen MR) is 53.7 cm³/mol. The van der Waals surface area contributed by atoms with E-state index in [0.29, 0.717) is 5.56 Å². The Morgan fingerprint density at radius 1 is 1.57 bits per heavy atom. The van der Waals surface area contributed by atoms with Crippen molar-refractivity contribution in [2.45, 2.75) is 6.10 Å². The number of rotatable bonds is 3. The molecule has 0 radical (unpaired) electrons. The highest BCUT2D eigenvalue weighted by atomic mass is 35.5. The van der Waals surface area contributed by atoms with Gasteiger partial charge in [0.05, 0.1) is 18.2 Å². The summed E-state index contributed by atoms with van der Waals surface area (Å²) in [6.07, 6.45) is -0.916. The Balaban J connectivity index is 3.21. The second-order valence-corrected chi connectivity index (χ2v) is 3.18. The van der Waals surface area contributed by atoms with Gasteiger partial charge in [-0.15, -0.1) is 0 Å². The van der Waals surface area contributed by atoms with E-state index < -0.39 is 6.10 Å². The Hall–Kier alpha value is -0.970. The minimum absolute atomic E-state index is 0.0261. The van der Waals surface area contributed by atoms with Gasteiger partial charge in [-0.3, -0.25) is 0 Å². The van der Waals surface area contributed by atoms with Crippen molar-refractivity contribution in [3.63, 3.8) is 0 Å². The van der Waals surface area contributed by atoms with E-state index >= 15 is 0 Å². The van der Waals surface area contributed by atoms with E-state index in [1.54, 1.807) is 0 Å². The highest BCUT2D eigenvalue weighted by Gasteiger charge is 2.16. The normalized spacial score (nSPS) is 12.6. The van der Waals surface area contributed by atoms with Crippen molar-refractivity contribution >= 4 is 11.6 Å². The molecular formula is C9H12ClNO3. The molecule has 0 aliphatic rings. The third-order valence-electron chi connectivity index (χ3n) is 1.90. The Bertz CT molecular complexity index is 330. The van der Waals surface area contributed by atoms with Gasteiger partial charge in [0.2, 0.25) is 0 Å². The molecule has 78 valence electrons. The molecule has 1 aromatic carbocycles. The van der Waals surface area contributed by atoms with E-state index in [1.807, 2.05) is 0 Å². The van der Waals surface area contributed by atoms with Crippen molar-refractivity contribution < 1.29 is 14.9 Å². The number of benzene rings is 1. The summed E-state index contributed by atoms with van der Waals surface area (Å²) >= 11 is 5.75. The lowest BCUT2D eigenvalue weighted by atomic mass is 10.1. The van der Waals surface area contributed by atoms with Crippen molar-refractivity contribution in [1.82, 2.24) is 0 Å². The van der Waals surface area contributed by atoms with Crippen LogP contribution in [0.25, 0.3) is 0 Å². The fourth-order valence-electron chi connectivity index (χ4n) is 1.15. The second-order valence-electron chi connectivity index (χ2n) is 2.77. The van der Waals surface area contributed by atoms with E-state index in [4.69, 9.17) is 22.1 Å². The zero-order valence-corrected chi connectivity index (χ0v) is 8.45. The van der Waals surface area contributed by atoms with Crippen LogP contribution in [0.3, 0.4) is 0 Å². The third kappa shape index (κ3) is 1.92. The lowest BCUT2D eigenvalue weighted by Gasteiger charge is -2.13. The quantitative estimate of drug-likeness (QED) is 0.707. The number of nitrogens with two attached hydrogens (primary N) is 1. The Morgan fingerprint density at radius 3 is 2.71 bits per heavy atom. The first-order chi connectivity index (χ1) is 6.61. The average Bonchev–Trinajstić information content (AvgIpc) is 2.18. The minimum Gasteiger partial charge on any atom is -0.504 e. The van der Waals surface area contributed by atoms with Crippen LogP contribution < -0.4 is 10.5 Å². The van der Waals surface area contributed by atoms with E-state index in [-0.39, 0.29) is 23.1 Å². The largest absolute Gasteiger partial charge is 0.504 e. The maximum absolute atomic E-state index is 9.65. The molecule has 5 heteroatoms. The van der Waals surface area contributed by atoms with Crippen LogP contribution in [0, 0.1) is 0 Å². The van der Waals surface area contributed by atoms with Gasteiger partial charge in [-0.2, -0.15) is 0 Å². The average molecular weight is 218 g/mol. The number of aromatic hydroxyl groups is 1. The summed E-state index contributed by atoms with van der Waals surface area (Å²) in [7, 11) is 1.39. The van der Waals surface area contributed by atoms with Crippen molar-refractivity contribution in [2.75, 3.05) is 13.7 Å². The highest BCUT2D eigenvalue weighted by molar-refractivity contribution is 6.32. The van der Waals surface area contributed by atoms with Crippen LogP contribution in [0.1, 0.15) is 11.7 Å². The van der Waals surface area contributed by atoms with Gasteiger partial charge in [0.1, 0.15) is 0 Å². The zero-order chi connectivity index (χ0) is 10.7. The molecule has 0 fully saturated rings. The first-order valence-electron chi connectivity index (χ1n) is 4.05. The SMILES string of the molecule is COc1c(Cl)ccc(C(O)CN)c1O. The molecule has 1 unspecified atom stereocenters. The fourth-order valence-corrected chi connectivity index (χ4v) is 1.38. The molecular weight excluding hydrogens is 206 g/mol. The lowest BCUT2D eigenvalue weighted by molar-refractivity contribution is 0.181. The van der Waals surface area contributed by atoms with Crippen molar-refractivity contribution in [3.8, 4) is 11.5 Å². The number of aliphatic hydroxyl groups excluding tert-OH is 1. The number of hydrogen-bond acceptors (Lipinski definition) is 4. The van der Waals surface area contributed by atoms with Crippen molar-refractivity contribution in [3.05, 3.63) is 22.7 Å². The monoisotopic (exact) mass is 217 g/mol. The van der Waals surface area contributed by atoms with Crippen LogP contribution in [0.15, 0.2) is 12.1 Å². The van der Waals surface area contributed by atoms with Gasteiger partial charge in [-0.25, -0.2) is 0 Å². The van der Waals surface area contributed by atoms with Crippen LogP contribution >= 0.6 is 11.6 Å². The standard InChI is InChI=1S/C9H12ClNO3/c1-14-9-6(10)3-2-5(8(9)13)7(12)4-11/h2-3,7,12-13H,4,11H2,1H3.